The summed E-state index contributed by atoms with van der Waals surface area (Å²) in [5.41, 5.74) is 3.41. The predicted octanol–water partition coefficient (Wildman–Crippen LogP) is 3.44. The van der Waals surface area contributed by atoms with Crippen molar-refractivity contribution in [2.45, 2.75) is 18.6 Å². The average Bonchev–Trinajstić information content (AvgIpc) is 2.84. The predicted molar refractivity (Wildman–Crippen MR) is 91.2 cm³/mol. The zero-order valence-corrected chi connectivity index (χ0v) is 13.7. The van der Waals surface area contributed by atoms with Crippen LogP contribution in [0.4, 0.5) is 0 Å². The topological polar surface area (TPSA) is 38.8 Å². The molecule has 4 heteroatoms. The van der Waals surface area contributed by atoms with Crippen LogP contribution in [0.3, 0.4) is 0 Å². The Morgan fingerprint density at radius 1 is 0.958 bits per heavy atom. The molecule has 2 heterocycles. The fourth-order valence-electron chi connectivity index (χ4n) is 3.64. The second-order valence-corrected chi connectivity index (χ2v) is 6.12. The Bertz CT molecular complexity index is 810. The van der Waals surface area contributed by atoms with Crippen LogP contribution in [0.2, 0.25) is 0 Å². The second-order valence-electron chi connectivity index (χ2n) is 6.12. The number of rotatable bonds is 4. The van der Waals surface area contributed by atoms with Crippen LogP contribution in [0, 0.1) is 0 Å². The highest BCUT2D eigenvalue weighted by molar-refractivity contribution is 5.97. The third-order valence-corrected chi connectivity index (χ3v) is 4.83. The highest BCUT2D eigenvalue weighted by atomic mass is 16.5. The minimum absolute atomic E-state index is 0.111. The molecule has 4 rings (SSSR count). The molecule has 2 bridgehead atoms. The quantitative estimate of drug-likeness (QED) is 0.865. The van der Waals surface area contributed by atoms with Gasteiger partial charge in [-0.3, -0.25) is 9.69 Å². The number of ketones is 1. The molecular weight excluding hydrogens is 302 g/mol. The average molecular weight is 321 g/mol. The van der Waals surface area contributed by atoms with E-state index >= 15 is 0 Å². The molecule has 2 atom stereocenters. The number of ether oxygens (including phenoxy) is 2. The van der Waals surface area contributed by atoms with Gasteiger partial charge >= 0.3 is 0 Å². The molecule has 0 aromatic heterocycles. The van der Waals surface area contributed by atoms with Gasteiger partial charge in [0.1, 0.15) is 11.5 Å². The molecule has 122 valence electrons. The first-order valence-electron chi connectivity index (χ1n) is 8.00. The van der Waals surface area contributed by atoms with Crippen LogP contribution in [0.5, 0.6) is 11.5 Å². The lowest BCUT2D eigenvalue weighted by atomic mass is 10.0. The van der Waals surface area contributed by atoms with Crippen molar-refractivity contribution in [2.24, 2.45) is 0 Å². The molecule has 2 aliphatic rings. The monoisotopic (exact) mass is 321 g/mol. The fraction of sp³-hybridized carbons (Fsp3) is 0.250. The molecule has 2 unspecified atom stereocenters. The van der Waals surface area contributed by atoms with E-state index in [1.54, 1.807) is 20.3 Å². The molecule has 24 heavy (non-hydrogen) atoms. The Morgan fingerprint density at radius 3 is 2.38 bits per heavy atom. The summed E-state index contributed by atoms with van der Waals surface area (Å²) in [6, 6.07) is 13.9. The van der Waals surface area contributed by atoms with Crippen molar-refractivity contribution < 1.29 is 14.3 Å². The molecule has 0 saturated carbocycles. The van der Waals surface area contributed by atoms with Gasteiger partial charge in [-0.1, -0.05) is 24.3 Å². The molecule has 0 radical (unpaired) electrons. The number of methoxy groups -OCH3 is 2. The maximum absolute atomic E-state index is 12.5. The zero-order valence-electron chi connectivity index (χ0n) is 13.7. The van der Waals surface area contributed by atoms with E-state index in [1.807, 2.05) is 48.5 Å². The van der Waals surface area contributed by atoms with Crippen molar-refractivity contribution in [1.29, 1.82) is 0 Å². The Hall–Kier alpha value is -2.59. The van der Waals surface area contributed by atoms with E-state index in [9.17, 15) is 4.79 Å². The number of hydrogen-bond acceptors (Lipinski definition) is 4. The van der Waals surface area contributed by atoms with E-state index in [1.165, 1.54) is 0 Å². The Balaban J connectivity index is 1.69. The van der Waals surface area contributed by atoms with Crippen molar-refractivity contribution in [3.63, 3.8) is 0 Å². The number of carbonyl (C=O) groups excluding carboxylic acids is 1. The lowest BCUT2D eigenvalue weighted by Crippen LogP contribution is -2.32. The van der Waals surface area contributed by atoms with Crippen LogP contribution in [-0.2, 0) is 11.3 Å². The van der Waals surface area contributed by atoms with E-state index in [0.717, 1.165) is 28.2 Å². The summed E-state index contributed by atoms with van der Waals surface area (Å²) < 4.78 is 10.6. The third-order valence-electron chi connectivity index (χ3n) is 4.83. The molecule has 2 aliphatic heterocycles. The second kappa shape index (κ2) is 5.80. The number of benzene rings is 2. The Labute approximate surface area is 141 Å². The van der Waals surface area contributed by atoms with Crippen molar-refractivity contribution in [1.82, 2.24) is 4.90 Å². The van der Waals surface area contributed by atoms with Crippen molar-refractivity contribution >= 4 is 5.78 Å². The van der Waals surface area contributed by atoms with Gasteiger partial charge in [-0.05, 0) is 47.0 Å². The first-order chi connectivity index (χ1) is 11.7. The minimum atomic E-state index is -0.206. The molecule has 0 saturated heterocycles. The molecule has 4 nitrogen and oxygen atoms in total. The SMILES string of the molecule is COc1ccc(CN2C3C=CC(=O)C2c2ccc(OC)cc23)cc1. The summed E-state index contributed by atoms with van der Waals surface area (Å²) in [7, 11) is 3.33. The highest BCUT2D eigenvalue weighted by Crippen LogP contribution is 2.47. The van der Waals surface area contributed by atoms with Crippen LogP contribution >= 0.6 is 0 Å². The van der Waals surface area contributed by atoms with Gasteiger partial charge in [-0.25, -0.2) is 0 Å². The van der Waals surface area contributed by atoms with Gasteiger partial charge in [-0.15, -0.1) is 0 Å². The first-order valence-corrected chi connectivity index (χ1v) is 8.00. The van der Waals surface area contributed by atoms with Crippen LogP contribution in [0.1, 0.15) is 28.8 Å². The van der Waals surface area contributed by atoms with Gasteiger partial charge in [0.05, 0.1) is 26.3 Å². The van der Waals surface area contributed by atoms with Crippen LogP contribution < -0.4 is 9.47 Å². The first kappa shape index (κ1) is 15.0. The summed E-state index contributed by atoms with van der Waals surface area (Å²) in [5.74, 6) is 1.81. The summed E-state index contributed by atoms with van der Waals surface area (Å²) in [6.07, 6.45) is 3.71. The maximum Gasteiger partial charge on any atom is 0.177 e. The van der Waals surface area contributed by atoms with E-state index in [2.05, 4.69) is 4.90 Å². The number of carbonyl (C=O) groups is 1. The van der Waals surface area contributed by atoms with Crippen molar-refractivity contribution in [2.75, 3.05) is 14.2 Å². The fourth-order valence-corrected chi connectivity index (χ4v) is 3.64. The summed E-state index contributed by atoms with van der Waals surface area (Å²) in [4.78, 5) is 14.7. The van der Waals surface area contributed by atoms with Gasteiger partial charge in [0.2, 0.25) is 0 Å². The van der Waals surface area contributed by atoms with E-state index in [0.29, 0.717) is 6.54 Å². The van der Waals surface area contributed by atoms with E-state index in [4.69, 9.17) is 9.47 Å². The zero-order chi connectivity index (χ0) is 16.7. The number of hydrogen-bond donors (Lipinski definition) is 0. The number of fused-ring (bicyclic) bond motifs is 5. The third kappa shape index (κ3) is 2.31. The number of nitrogens with zero attached hydrogens (tertiary/aromatic N) is 1. The molecule has 0 N–H and O–H groups in total. The van der Waals surface area contributed by atoms with Crippen LogP contribution in [0.25, 0.3) is 0 Å². The molecule has 0 aliphatic carbocycles. The standard InChI is InChI=1S/C20H19NO3/c1-23-14-5-3-13(4-6-14)12-21-18-9-10-19(22)20(21)16-8-7-15(24-2)11-17(16)18/h3-11,18,20H,12H2,1-2H3. The van der Waals surface area contributed by atoms with Crippen molar-refractivity contribution in [3.8, 4) is 11.5 Å². The van der Waals surface area contributed by atoms with Gasteiger partial charge in [0, 0.05) is 6.54 Å². The molecule has 0 fully saturated rings. The van der Waals surface area contributed by atoms with E-state index in [-0.39, 0.29) is 17.9 Å². The van der Waals surface area contributed by atoms with Gasteiger partial charge in [-0.2, -0.15) is 0 Å². The Morgan fingerprint density at radius 2 is 1.67 bits per heavy atom. The maximum atomic E-state index is 12.5. The normalized spacial score (nSPS) is 21.7. The largest absolute Gasteiger partial charge is 0.497 e. The smallest absolute Gasteiger partial charge is 0.177 e. The van der Waals surface area contributed by atoms with Crippen LogP contribution in [-0.4, -0.2) is 24.9 Å². The Kier molecular flexibility index (Phi) is 3.62. The highest BCUT2D eigenvalue weighted by Gasteiger charge is 2.43. The summed E-state index contributed by atoms with van der Waals surface area (Å²) >= 11 is 0. The molecule has 0 amide bonds. The lowest BCUT2D eigenvalue weighted by Gasteiger charge is -2.30. The van der Waals surface area contributed by atoms with Gasteiger partial charge in [0.25, 0.3) is 0 Å². The summed E-state index contributed by atoms with van der Waals surface area (Å²) in [6.45, 7) is 0.715. The van der Waals surface area contributed by atoms with Crippen LogP contribution in [0.15, 0.2) is 54.6 Å². The molecule has 2 aromatic carbocycles. The summed E-state index contributed by atoms with van der Waals surface area (Å²) in [5, 5.41) is 0. The molecule has 2 aromatic rings. The van der Waals surface area contributed by atoms with Crippen molar-refractivity contribution in [3.05, 3.63) is 71.3 Å². The lowest BCUT2D eigenvalue weighted by molar-refractivity contribution is -0.120. The van der Waals surface area contributed by atoms with Gasteiger partial charge in [0.15, 0.2) is 5.78 Å². The molecule has 0 spiro atoms. The van der Waals surface area contributed by atoms with Gasteiger partial charge < -0.3 is 9.47 Å². The minimum Gasteiger partial charge on any atom is -0.497 e. The molecular formula is C20H19NO3. The van der Waals surface area contributed by atoms with E-state index < -0.39 is 0 Å².